The van der Waals surface area contributed by atoms with Crippen LogP contribution in [0, 0.1) is 13.8 Å². The lowest BCUT2D eigenvalue weighted by atomic mass is 10.1. The predicted molar refractivity (Wildman–Crippen MR) is 77.5 cm³/mol. The lowest BCUT2D eigenvalue weighted by Gasteiger charge is -2.24. The molecule has 19 heavy (non-hydrogen) atoms. The molecule has 4 nitrogen and oxygen atoms in total. The second-order valence-electron chi connectivity index (χ2n) is 4.43. The van der Waals surface area contributed by atoms with Crippen LogP contribution in [0.3, 0.4) is 0 Å². The SMILES string of the molecule is CCN(Cc1ccncc1)c1nnc(Cl)c(C)c1C. The molecule has 2 rings (SSSR count). The van der Waals surface area contributed by atoms with Gasteiger partial charge in [0.1, 0.15) is 0 Å². The van der Waals surface area contributed by atoms with Crippen molar-refractivity contribution in [3.05, 3.63) is 46.4 Å². The summed E-state index contributed by atoms with van der Waals surface area (Å²) >= 11 is 5.99. The van der Waals surface area contributed by atoms with Gasteiger partial charge >= 0.3 is 0 Å². The van der Waals surface area contributed by atoms with Crippen LogP contribution < -0.4 is 4.90 Å². The monoisotopic (exact) mass is 276 g/mol. The third kappa shape index (κ3) is 3.01. The summed E-state index contributed by atoms with van der Waals surface area (Å²) in [5, 5.41) is 8.72. The van der Waals surface area contributed by atoms with Gasteiger partial charge in [-0.3, -0.25) is 4.98 Å². The lowest BCUT2D eigenvalue weighted by molar-refractivity contribution is 0.786. The maximum Gasteiger partial charge on any atom is 0.155 e. The maximum atomic E-state index is 5.99. The highest BCUT2D eigenvalue weighted by atomic mass is 35.5. The Morgan fingerprint density at radius 2 is 1.79 bits per heavy atom. The summed E-state index contributed by atoms with van der Waals surface area (Å²) < 4.78 is 0. The van der Waals surface area contributed by atoms with Gasteiger partial charge in [0, 0.05) is 25.5 Å². The van der Waals surface area contributed by atoms with Crippen molar-refractivity contribution in [2.75, 3.05) is 11.4 Å². The summed E-state index contributed by atoms with van der Waals surface area (Å²) in [4.78, 5) is 6.21. The van der Waals surface area contributed by atoms with Gasteiger partial charge in [0.05, 0.1) is 0 Å². The van der Waals surface area contributed by atoms with Crippen LogP contribution in [-0.4, -0.2) is 21.7 Å². The second kappa shape index (κ2) is 5.97. The van der Waals surface area contributed by atoms with E-state index in [9.17, 15) is 0 Å². The van der Waals surface area contributed by atoms with E-state index in [2.05, 4.69) is 27.0 Å². The second-order valence-corrected chi connectivity index (χ2v) is 4.79. The summed E-state index contributed by atoms with van der Waals surface area (Å²) in [7, 11) is 0. The number of nitrogens with zero attached hydrogens (tertiary/aromatic N) is 4. The van der Waals surface area contributed by atoms with Crippen LogP contribution in [0.5, 0.6) is 0 Å². The number of pyridine rings is 1. The molecule has 0 atom stereocenters. The zero-order chi connectivity index (χ0) is 13.8. The molecule has 0 aliphatic rings. The van der Waals surface area contributed by atoms with Crippen LogP contribution in [0.25, 0.3) is 0 Å². The van der Waals surface area contributed by atoms with Gasteiger partial charge in [0.15, 0.2) is 11.0 Å². The summed E-state index contributed by atoms with van der Waals surface area (Å²) in [6.07, 6.45) is 3.60. The van der Waals surface area contributed by atoms with Crippen LogP contribution in [-0.2, 0) is 6.54 Å². The Morgan fingerprint density at radius 3 is 2.42 bits per heavy atom. The molecule has 0 amide bonds. The Balaban J connectivity index is 2.30. The molecule has 2 aromatic rings. The van der Waals surface area contributed by atoms with Gasteiger partial charge in [0.2, 0.25) is 0 Å². The van der Waals surface area contributed by atoms with Crippen molar-refractivity contribution >= 4 is 17.4 Å². The average molecular weight is 277 g/mol. The molecule has 0 aliphatic carbocycles. The molecule has 2 aromatic heterocycles. The first kappa shape index (κ1) is 13.7. The van der Waals surface area contributed by atoms with Crippen LogP contribution in [0.15, 0.2) is 24.5 Å². The molecule has 0 saturated heterocycles. The Kier molecular flexibility index (Phi) is 4.32. The van der Waals surface area contributed by atoms with Gasteiger partial charge in [-0.05, 0) is 49.6 Å². The quantitative estimate of drug-likeness (QED) is 0.860. The first-order chi connectivity index (χ1) is 9.13. The lowest BCUT2D eigenvalue weighted by Crippen LogP contribution is -2.24. The predicted octanol–water partition coefficient (Wildman–Crippen LogP) is 3.17. The van der Waals surface area contributed by atoms with E-state index < -0.39 is 0 Å². The van der Waals surface area contributed by atoms with E-state index in [1.54, 1.807) is 12.4 Å². The molecule has 5 heteroatoms. The van der Waals surface area contributed by atoms with Crippen molar-refractivity contribution in [2.24, 2.45) is 0 Å². The van der Waals surface area contributed by atoms with E-state index >= 15 is 0 Å². The third-order valence-corrected chi connectivity index (χ3v) is 3.60. The van der Waals surface area contributed by atoms with Crippen LogP contribution in [0.1, 0.15) is 23.6 Å². The zero-order valence-corrected chi connectivity index (χ0v) is 12.1. The Labute approximate surface area is 118 Å². The summed E-state index contributed by atoms with van der Waals surface area (Å²) in [6.45, 7) is 7.75. The van der Waals surface area contributed by atoms with Crippen molar-refractivity contribution < 1.29 is 0 Å². The van der Waals surface area contributed by atoms with Gasteiger partial charge in [-0.2, -0.15) is 0 Å². The molecule has 100 valence electrons. The summed E-state index contributed by atoms with van der Waals surface area (Å²) in [6, 6.07) is 4.02. The van der Waals surface area contributed by atoms with Crippen LogP contribution in [0.4, 0.5) is 5.82 Å². The fourth-order valence-corrected chi connectivity index (χ4v) is 2.09. The van der Waals surface area contributed by atoms with Gasteiger partial charge in [-0.15, -0.1) is 10.2 Å². The highest BCUT2D eigenvalue weighted by molar-refractivity contribution is 6.30. The summed E-state index contributed by atoms with van der Waals surface area (Å²) in [5.41, 5.74) is 3.27. The van der Waals surface area contributed by atoms with Crippen molar-refractivity contribution in [3.63, 3.8) is 0 Å². The number of aromatic nitrogens is 3. The minimum absolute atomic E-state index is 0.473. The number of anilines is 1. The normalized spacial score (nSPS) is 10.5. The molecule has 0 bridgehead atoms. The van der Waals surface area contributed by atoms with Gasteiger partial charge in [-0.1, -0.05) is 11.6 Å². The molecule has 0 aliphatic heterocycles. The van der Waals surface area contributed by atoms with Crippen molar-refractivity contribution in [1.29, 1.82) is 0 Å². The number of hydrogen-bond acceptors (Lipinski definition) is 4. The van der Waals surface area contributed by atoms with Crippen LogP contribution >= 0.6 is 11.6 Å². The number of hydrogen-bond donors (Lipinski definition) is 0. The maximum absolute atomic E-state index is 5.99. The van der Waals surface area contributed by atoms with E-state index in [1.807, 2.05) is 26.0 Å². The smallest absolute Gasteiger partial charge is 0.155 e. The largest absolute Gasteiger partial charge is 0.351 e. The van der Waals surface area contributed by atoms with Crippen molar-refractivity contribution in [3.8, 4) is 0 Å². The molecule has 0 N–H and O–H groups in total. The van der Waals surface area contributed by atoms with E-state index in [0.29, 0.717) is 5.15 Å². The molecule has 2 heterocycles. The Bertz CT molecular complexity index is 557. The molecule has 0 saturated carbocycles. The molecule has 0 aromatic carbocycles. The highest BCUT2D eigenvalue weighted by Gasteiger charge is 2.14. The Morgan fingerprint density at radius 1 is 1.11 bits per heavy atom. The minimum atomic E-state index is 0.473. The van der Waals surface area contributed by atoms with Crippen molar-refractivity contribution in [1.82, 2.24) is 15.2 Å². The third-order valence-electron chi connectivity index (χ3n) is 3.24. The minimum Gasteiger partial charge on any atom is -0.351 e. The van der Waals surface area contributed by atoms with Gasteiger partial charge < -0.3 is 4.90 Å². The van der Waals surface area contributed by atoms with Crippen LogP contribution in [0.2, 0.25) is 5.15 Å². The molecule has 0 spiro atoms. The molecule has 0 unspecified atom stereocenters. The number of rotatable bonds is 4. The topological polar surface area (TPSA) is 41.9 Å². The van der Waals surface area contributed by atoms with E-state index in [1.165, 1.54) is 5.56 Å². The van der Waals surface area contributed by atoms with Gasteiger partial charge in [0.25, 0.3) is 0 Å². The Hall–Kier alpha value is -1.68. The summed E-state index contributed by atoms with van der Waals surface area (Å²) in [5.74, 6) is 0.890. The zero-order valence-electron chi connectivity index (χ0n) is 11.4. The fraction of sp³-hybridized carbons (Fsp3) is 0.357. The van der Waals surface area contributed by atoms with E-state index in [0.717, 1.165) is 30.0 Å². The number of halogens is 1. The highest BCUT2D eigenvalue weighted by Crippen LogP contribution is 2.24. The fourth-order valence-electron chi connectivity index (χ4n) is 1.91. The molecule has 0 radical (unpaired) electrons. The standard InChI is InChI=1S/C14H17ClN4/c1-4-19(9-12-5-7-16-8-6-12)14-11(3)10(2)13(15)17-18-14/h5-8H,4,9H2,1-3H3. The van der Waals surface area contributed by atoms with E-state index in [4.69, 9.17) is 11.6 Å². The average Bonchev–Trinajstić information content (AvgIpc) is 2.44. The molecular formula is C14H17ClN4. The van der Waals surface area contributed by atoms with E-state index in [-0.39, 0.29) is 0 Å². The first-order valence-corrected chi connectivity index (χ1v) is 6.64. The van der Waals surface area contributed by atoms with Crippen molar-refractivity contribution in [2.45, 2.75) is 27.3 Å². The molecule has 0 fully saturated rings. The first-order valence-electron chi connectivity index (χ1n) is 6.26. The van der Waals surface area contributed by atoms with Gasteiger partial charge in [-0.25, -0.2) is 0 Å². The molecular weight excluding hydrogens is 260 g/mol.